The van der Waals surface area contributed by atoms with E-state index in [4.69, 9.17) is 9.47 Å². The SMILES string of the molecule is COc1ccc(S(=O)(=O)NCCN(CCN2CCOCC2)C(C)=O)cc1C. The van der Waals surface area contributed by atoms with Gasteiger partial charge in [0.1, 0.15) is 5.75 Å². The third kappa shape index (κ3) is 6.46. The van der Waals surface area contributed by atoms with Crippen LogP contribution in [0.2, 0.25) is 0 Å². The Morgan fingerprint density at radius 3 is 2.59 bits per heavy atom. The summed E-state index contributed by atoms with van der Waals surface area (Å²) in [6, 6.07) is 4.71. The standard InChI is InChI=1S/C18H29N3O5S/c1-15-14-17(4-5-18(15)25-3)27(23,24)19-6-7-21(16(2)22)9-8-20-10-12-26-13-11-20/h4-5,14,19H,6-13H2,1-3H3. The summed E-state index contributed by atoms with van der Waals surface area (Å²) >= 11 is 0. The molecule has 1 aromatic carbocycles. The van der Waals surface area contributed by atoms with Gasteiger partial charge in [0.15, 0.2) is 0 Å². The maximum Gasteiger partial charge on any atom is 0.240 e. The molecule has 1 amide bonds. The van der Waals surface area contributed by atoms with Crippen molar-refractivity contribution < 1.29 is 22.7 Å². The Hall–Kier alpha value is -1.68. The number of ether oxygens (including phenoxy) is 2. The van der Waals surface area contributed by atoms with Gasteiger partial charge in [-0.1, -0.05) is 0 Å². The number of nitrogens with zero attached hydrogens (tertiary/aromatic N) is 2. The van der Waals surface area contributed by atoms with Gasteiger partial charge in [-0.3, -0.25) is 9.69 Å². The number of amides is 1. The summed E-state index contributed by atoms with van der Waals surface area (Å²) < 4.78 is 38.0. The van der Waals surface area contributed by atoms with Crippen LogP contribution in [0.4, 0.5) is 0 Å². The molecule has 1 fully saturated rings. The Morgan fingerprint density at radius 2 is 2.00 bits per heavy atom. The van der Waals surface area contributed by atoms with E-state index in [1.807, 2.05) is 0 Å². The highest BCUT2D eigenvalue weighted by Crippen LogP contribution is 2.21. The number of morpholine rings is 1. The molecule has 27 heavy (non-hydrogen) atoms. The fourth-order valence-electron chi connectivity index (χ4n) is 2.93. The molecule has 9 heteroatoms. The lowest BCUT2D eigenvalue weighted by Crippen LogP contribution is -2.44. The van der Waals surface area contributed by atoms with Crippen molar-refractivity contribution >= 4 is 15.9 Å². The van der Waals surface area contributed by atoms with Crippen LogP contribution in [-0.4, -0.2) is 83.7 Å². The topological polar surface area (TPSA) is 88.2 Å². The zero-order valence-electron chi connectivity index (χ0n) is 16.2. The van der Waals surface area contributed by atoms with Crippen molar-refractivity contribution in [3.63, 3.8) is 0 Å². The zero-order valence-corrected chi connectivity index (χ0v) is 17.0. The van der Waals surface area contributed by atoms with Crippen LogP contribution >= 0.6 is 0 Å². The van der Waals surface area contributed by atoms with Crippen molar-refractivity contribution in [2.24, 2.45) is 0 Å². The lowest BCUT2D eigenvalue weighted by Gasteiger charge is -2.29. The Kier molecular flexibility index (Phi) is 8.03. The van der Waals surface area contributed by atoms with Gasteiger partial charge in [-0.25, -0.2) is 13.1 Å². The lowest BCUT2D eigenvalue weighted by atomic mass is 10.2. The molecule has 0 aromatic heterocycles. The third-order valence-electron chi connectivity index (χ3n) is 4.59. The average Bonchev–Trinajstić information content (AvgIpc) is 2.64. The van der Waals surface area contributed by atoms with Crippen molar-refractivity contribution in [3.05, 3.63) is 23.8 Å². The summed E-state index contributed by atoms with van der Waals surface area (Å²) in [5.41, 5.74) is 0.747. The van der Waals surface area contributed by atoms with Gasteiger partial charge < -0.3 is 14.4 Å². The summed E-state index contributed by atoms with van der Waals surface area (Å²) in [7, 11) is -2.09. The molecule has 0 unspecified atom stereocenters. The quantitative estimate of drug-likeness (QED) is 0.649. The van der Waals surface area contributed by atoms with E-state index in [1.165, 1.54) is 13.0 Å². The maximum atomic E-state index is 12.5. The lowest BCUT2D eigenvalue weighted by molar-refractivity contribution is -0.129. The summed E-state index contributed by atoms with van der Waals surface area (Å²) in [6.45, 7) is 8.24. The zero-order chi connectivity index (χ0) is 19.9. The van der Waals surface area contributed by atoms with E-state index >= 15 is 0 Å². The summed E-state index contributed by atoms with van der Waals surface area (Å²) in [4.78, 5) is 15.9. The average molecular weight is 400 g/mol. The Bertz CT molecular complexity index is 733. The van der Waals surface area contributed by atoms with E-state index in [0.29, 0.717) is 32.1 Å². The van der Waals surface area contributed by atoms with Crippen molar-refractivity contribution in [1.82, 2.24) is 14.5 Å². The highest BCUT2D eigenvalue weighted by atomic mass is 32.2. The third-order valence-corrected chi connectivity index (χ3v) is 6.04. The monoisotopic (exact) mass is 399 g/mol. The van der Waals surface area contributed by atoms with Gasteiger partial charge in [-0.15, -0.1) is 0 Å². The van der Waals surface area contributed by atoms with Gasteiger partial charge in [-0.05, 0) is 30.7 Å². The van der Waals surface area contributed by atoms with Crippen molar-refractivity contribution in [1.29, 1.82) is 0 Å². The van der Waals surface area contributed by atoms with E-state index < -0.39 is 10.0 Å². The Balaban J connectivity index is 1.87. The second-order valence-electron chi connectivity index (χ2n) is 6.49. The second kappa shape index (κ2) is 10.0. The van der Waals surface area contributed by atoms with E-state index in [9.17, 15) is 13.2 Å². The van der Waals surface area contributed by atoms with E-state index in [1.54, 1.807) is 31.1 Å². The number of sulfonamides is 1. The molecule has 0 spiro atoms. The molecule has 0 radical (unpaired) electrons. The molecule has 8 nitrogen and oxygen atoms in total. The minimum absolute atomic E-state index is 0.0669. The molecule has 1 N–H and O–H groups in total. The smallest absolute Gasteiger partial charge is 0.240 e. The first kappa shape index (κ1) is 21.6. The van der Waals surface area contributed by atoms with Crippen LogP contribution in [0.3, 0.4) is 0 Å². The number of methoxy groups -OCH3 is 1. The van der Waals surface area contributed by atoms with Crippen LogP contribution < -0.4 is 9.46 Å². The van der Waals surface area contributed by atoms with Crippen molar-refractivity contribution in [2.45, 2.75) is 18.7 Å². The number of rotatable bonds is 9. The van der Waals surface area contributed by atoms with Gasteiger partial charge in [0.25, 0.3) is 0 Å². The number of benzene rings is 1. The van der Waals surface area contributed by atoms with Gasteiger partial charge in [0, 0.05) is 46.2 Å². The molecule has 1 aromatic rings. The summed E-state index contributed by atoms with van der Waals surface area (Å²) in [5.74, 6) is 0.572. The molecule has 1 saturated heterocycles. The molecular formula is C18H29N3O5S. The number of nitrogens with one attached hydrogen (secondary N) is 1. The Morgan fingerprint density at radius 1 is 1.30 bits per heavy atom. The number of hydrogen-bond donors (Lipinski definition) is 1. The summed E-state index contributed by atoms with van der Waals surface area (Å²) in [5, 5.41) is 0. The number of carbonyl (C=O) groups excluding carboxylic acids is 1. The largest absolute Gasteiger partial charge is 0.496 e. The summed E-state index contributed by atoms with van der Waals surface area (Å²) in [6.07, 6.45) is 0. The van der Waals surface area contributed by atoms with Gasteiger partial charge >= 0.3 is 0 Å². The minimum Gasteiger partial charge on any atom is -0.496 e. The van der Waals surface area contributed by atoms with Crippen LogP contribution in [0.15, 0.2) is 23.1 Å². The fourth-order valence-corrected chi connectivity index (χ4v) is 4.04. The molecule has 0 bridgehead atoms. The van der Waals surface area contributed by atoms with E-state index in [2.05, 4.69) is 9.62 Å². The predicted molar refractivity (Wildman–Crippen MR) is 102 cm³/mol. The van der Waals surface area contributed by atoms with Gasteiger partial charge in [-0.2, -0.15) is 0 Å². The molecule has 152 valence electrons. The minimum atomic E-state index is -3.64. The molecule has 1 aliphatic rings. The van der Waals surface area contributed by atoms with Crippen LogP contribution in [0.5, 0.6) is 5.75 Å². The van der Waals surface area contributed by atoms with Crippen LogP contribution in [0.25, 0.3) is 0 Å². The molecule has 1 aliphatic heterocycles. The highest BCUT2D eigenvalue weighted by molar-refractivity contribution is 7.89. The van der Waals surface area contributed by atoms with E-state index in [0.717, 1.165) is 25.2 Å². The highest BCUT2D eigenvalue weighted by Gasteiger charge is 2.17. The Labute approximate surface area is 161 Å². The second-order valence-corrected chi connectivity index (χ2v) is 8.26. The molecule has 2 rings (SSSR count). The molecular weight excluding hydrogens is 370 g/mol. The van der Waals surface area contributed by atoms with Crippen molar-refractivity contribution in [2.75, 3.05) is 59.6 Å². The molecule has 0 atom stereocenters. The van der Waals surface area contributed by atoms with Crippen LogP contribution in [-0.2, 0) is 19.6 Å². The normalized spacial score (nSPS) is 15.5. The van der Waals surface area contributed by atoms with Gasteiger partial charge in [0.2, 0.25) is 15.9 Å². The number of hydrogen-bond acceptors (Lipinski definition) is 6. The number of carbonyl (C=O) groups is 1. The van der Waals surface area contributed by atoms with Gasteiger partial charge in [0.05, 0.1) is 25.2 Å². The maximum absolute atomic E-state index is 12.5. The van der Waals surface area contributed by atoms with Crippen LogP contribution in [0, 0.1) is 6.92 Å². The van der Waals surface area contributed by atoms with Crippen molar-refractivity contribution in [3.8, 4) is 5.75 Å². The predicted octanol–water partition coefficient (Wildman–Crippen LogP) is 0.463. The van der Waals surface area contributed by atoms with Crippen LogP contribution in [0.1, 0.15) is 12.5 Å². The van der Waals surface area contributed by atoms with E-state index in [-0.39, 0.29) is 17.3 Å². The molecule has 1 heterocycles. The first-order valence-corrected chi connectivity index (χ1v) is 10.5. The number of aryl methyl sites for hydroxylation is 1. The first-order valence-electron chi connectivity index (χ1n) is 9.03. The fraction of sp³-hybridized carbons (Fsp3) is 0.611. The molecule has 0 saturated carbocycles. The molecule has 0 aliphatic carbocycles. The first-order chi connectivity index (χ1) is 12.8.